The Hall–Kier alpha value is -3.59. The predicted molar refractivity (Wildman–Crippen MR) is 104 cm³/mol. The zero-order chi connectivity index (χ0) is 19.3. The summed E-state index contributed by atoms with van der Waals surface area (Å²) >= 11 is 1.41. The first kappa shape index (κ1) is 17.8. The molecule has 0 fully saturated rings. The third kappa shape index (κ3) is 4.04. The minimum Gasteiger partial charge on any atom is -0.486 e. The Balaban J connectivity index is 1.35. The second-order valence-corrected chi connectivity index (χ2v) is 6.92. The number of aldehydes is 1. The second-order valence-electron chi connectivity index (χ2n) is 5.89. The molecule has 0 atom stereocenters. The maximum absolute atomic E-state index is 12.2. The van der Waals surface area contributed by atoms with E-state index in [1.165, 1.54) is 16.0 Å². The van der Waals surface area contributed by atoms with E-state index in [1.54, 1.807) is 30.5 Å². The van der Waals surface area contributed by atoms with Gasteiger partial charge in [-0.15, -0.1) is 5.10 Å². The molecular formula is C19H15N5O3S. The van der Waals surface area contributed by atoms with Crippen molar-refractivity contribution in [2.75, 3.05) is 5.32 Å². The minimum absolute atomic E-state index is 0.00779. The van der Waals surface area contributed by atoms with E-state index in [-0.39, 0.29) is 19.1 Å². The molecule has 0 saturated heterocycles. The maximum atomic E-state index is 12.2. The van der Waals surface area contributed by atoms with E-state index in [0.717, 1.165) is 16.5 Å². The third-order valence-electron chi connectivity index (χ3n) is 3.85. The number of thiazole rings is 1. The molecule has 2 heterocycles. The maximum Gasteiger partial charge on any atom is 0.247 e. The number of benzene rings is 2. The lowest BCUT2D eigenvalue weighted by Crippen LogP contribution is -2.19. The number of aromatic nitrogens is 4. The van der Waals surface area contributed by atoms with Crippen LogP contribution in [0.2, 0.25) is 0 Å². The largest absolute Gasteiger partial charge is 0.486 e. The van der Waals surface area contributed by atoms with Gasteiger partial charge in [-0.2, -0.15) is 0 Å². The van der Waals surface area contributed by atoms with Gasteiger partial charge in [-0.25, -0.2) is 9.67 Å². The Morgan fingerprint density at radius 1 is 1.18 bits per heavy atom. The summed E-state index contributed by atoms with van der Waals surface area (Å²) in [5, 5.41) is 11.2. The van der Waals surface area contributed by atoms with Gasteiger partial charge >= 0.3 is 0 Å². The van der Waals surface area contributed by atoms with Gasteiger partial charge in [0.1, 0.15) is 24.6 Å². The van der Waals surface area contributed by atoms with Crippen molar-refractivity contribution in [1.29, 1.82) is 0 Å². The number of nitrogens with one attached hydrogen (secondary N) is 1. The molecule has 4 rings (SSSR count). The molecule has 0 aliphatic carbocycles. The van der Waals surface area contributed by atoms with Gasteiger partial charge in [-0.3, -0.25) is 9.59 Å². The van der Waals surface area contributed by atoms with Crippen LogP contribution in [0.25, 0.3) is 10.2 Å². The standard InChI is InChI=1S/C19H15N5O3S/c25-11-13-5-1-3-7-16(13)27-12-14-9-24(23-22-14)10-18(26)21-19-20-15-6-2-4-8-17(15)28-19/h1-9,11H,10,12H2,(H,20,21,26). The Kier molecular flexibility index (Phi) is 5.07. The highest BCUT2D eigenvalue weighted by Gasteiger charge is 2.10. The number of para-hydroxylation sites is 2. The molecule has 0 aliphatic rings. The first-order chi connectivity index (χ1) is 13.7. The van der Waals surface area contributed by atoms with Gasteiger partial charge in [0.25, 0.3) is 0 Å². The zero-order valence-electron chi connectivity index (χ0n) is 14.6. The van der Waals surface area contributed by atoms with E-state index in [9.17, 15) is 9.59 Å². The summed E-state index contributed by atoms with van der Waals surface area (Å²) in [5.74, 6) is 0.225. The van der Waals surface area contributed by atoms with Crippen molar-refractivity contribution in [1.82, 2.24) is 20.0 Å². The van der Waals surface area contributed by atoms with E-state index in [4.69, 9.17) is 4.74 Å². The molecule has 2 aromatic carbocycles. The van der Waals surface area contributed by atoms with Gasteiger partial charge in [-0.05, 0) is 24.3 Å². The smallest absolute Gasteiger partial charge is 0.247 e. The first-order valence-corrected chi connectivity index (χ1v) is 9.24. The molecular weight excluding hydrogens is 378 g/mol. The van der Waals surface area contributed by atoms with Crippen LogP contribution in [-0.2, 0) is 17.9 Å². The lowest BCUT2D eigenvalue weighted by Gasteiger charge is -2.05. The highest BCUT2D eigenvalue weighted by atomic mass is 32.1. The van der Waals surface area contributed by atoms with Crippen molar-refractivity contribution in [2.24, 2.45) is 0 Å². The van der Waals surface area contributed by atoms with Crippen molar-refractivity contribution >= 4 is 38.9 Å². The first-order valence-electron chi connectivity index (χ1n) is 8.43. The number of hydrogen-bond donors (Lipinski definition) is 1. The molecule has 0 saturated carbocycles. The van der Waals surface area contributed by atoms with E-state index in [1.807, 2.05) is 24.3 Å². The summed E-state index contributed by atoms with van der Waals surface area (Å²) in [6, 6.07) is 14.6. The molecule has 28 heavy (non-hydrogen) atoms. The fraction of sp³-hybridized carbons (Fsp3) is 0.105. The Morgan fingerprint density at radius 3 is 2.86 bits per heavy atom. The van der Waals surface area contributed by atoms with Gasteiger partial charge in [0.15, 0.2) is 11.4 Å². The van der Waals surface area contributed by atoms with Crippen molar-refractivity contribution in [2.45, 2.75) is 13.2 Å². The van der Waals surface area contributed by atoms with Crippen molar-refractivity contribution in [3.05, 3.63) is 66.0 Å². The number of hydrogen-bond acceptors (Lipinski definition) is 7. The lowest BCUT2D eigenvalue weighted by atomic mass is 10.2. The lowest BCUT2D eigenvalue weighted by molar-refractivity contribution is -0.116. The molecule has 2 aromatic heterocycles. The average molecular weight is 393 g/mol. The Morgan fingerprint density at radius 2 is 2.00 bits per heavy atom. The van der Waals surface area contributed by atoms with Crippen LogP contribution in [0.4, 0.5) is 5.13 Å². The SMILES string of the molecule is O=Cc1ccccc1OCc1cn(CC(=O)Nc2nc3ccccc3s2)nn1. The molecule has 0 unspecified atom stereocenters. The molecule has 0 aliphatic heterocycles. The molecule has 140 valence electrons. The number of carbonyl (C=O) groups excluding carboxylic acids is 2. The molecule has 1 N–H and O–H groups in total. The van der Waals surface area contributed by atoms with Gasteiger partial charge in [0.05, 0.1) is 22.0 Å². The molecule has 0 bridgehead atoms. The summed E-state index contributed by atoms with van der Waals surface area (Å²) in [6.45, 7) is 0.151. The summed E-state index contributed by atoms with van der Waals surface area (Å²) in [6.07, 6.45) is 2.36. The van der Waals surface area contributed by atoms with Crippen LogP contribution in [0, 0.1) is 0 Å². The Bertz CT molecular complexity index is 1100. The van der Waals surface area contributed by atoms with E-state index < -0.39 is 0 Å². The number of nitrogens with zero attached hydrogens (tertiary/aromatic N) is 4. The van der Waals surface area contributed by atoms with Gasteiger partial charge in [0, 0.05) is 0 Å². The fourth-order valence-corrected chi connectivity index (χ4v) is 3.46. The quantitative estimate of drug-likeness (QED) is 0.485. The number of amides is 1. The highest BCUT2D eigenvalue weighted by Crippen LogP contribution is 2.25. The molecule has 1 amide bonds. The van der Waals surface area contributed by atoms with Crippen LogP contribution in [0.3, 0.4) is 0 Å². The summed E-state index contributed by atoms with van der Waals surface area (Å²) in [7, 11) is 0. The number of carbonyl (C=O) groups is 2. The van der Waals surface area contributed by atoms with Crippen LogP contribution in [-0.4, -0.2) is 32.2 Å². The predicted octanol–water partition coefficient (Wildman–Crippen LogP) is 2.92. The number of rotatable bonds is 7. The van der Waals surface area contributed by atoms with Gasteiger partial charge < -0.3 is 10.1 Å². The van der Waals surface area contributed by atoms with Crippen LogP contribution in [0.5, 0.6) is 5.75 Å². The minimum atomic E-state index is -0.247. The third-order valence-corrected chi connectivity index (χ3v) is 4.81. The summed E-state index contributed by atoms with van der Waals surface area (Å²) in [5.41, 5.74) is 1.86. The van der Waals surface area contributed by atoms with Crippen molar-refractivity contribution in [3.63, 3.8) is 0 Å². The molecule has 0 spiro atoms. The molecule has 9 heteroatoms. The van der Waals surface area contributed by atoms with Crippen LogP contribution >= 0.6 is 11.3 Å². The topological polar surface area (TPSA) is 99.0 Å². The number of fused-ring (bicyclic) bond motifs is 1. The monoisotopic (exact) mass is 393 g/mol. The van der Waals surface area contributed by atoms with Crippen LogP contribution in [0.15, 0.2) is 54.7 Å². The zero-order valence-corrected chi connectivity index (χ0v) is 15.4. The van der Waals surface area contributed by atoms with Crippen LogP contribution < -0.4 is 10.1 Å². The molecule has 4 aromatic rings. The highest BCUT2D eigenvalue weighted by molar-refractivity contribution is 7.22. The molecule has 0 radical (unpaired) electrons. The number of anilines is 1. The van der Waals surface area contributed by atoms with E-state index in [2.05, 4.69) is 20.6 Å². The van der Waals surface area contributed by atoms with Gasteiger partial charge in [0.2, 0.25) is 5.91 Å². The second kappa shape index (κ2) is 7.97. The normalized spacial score (nSPS) is 10.7. The van der Waals surface area contributed by atoms with Crippen LogP contribution in [0.1, 0.15) is 16.1 Å². The summed E-state index contributed by atoms with van der Waals surface area (Å²) < 4.78 is 8.04. The Labute approximate surface area is 163 Å². The van der Waals surface area contributed by atoms with E-state index in [0.29, 0.717) is 22.1 Å². The average Bonchev–Trinajstić information content (AvgIpc) is 3.32. The number of ether oxygens (including phenoxy) is 1. The molecule has 8 nitrogen and oxygen atoms in total. The fourth-order valence-electron chi connectivity index (χ4n) is 2.57. The van der Waals surface area contributed by atoms with Crippen molar-refractivity contribution in [3.8, 4) is 5.75 Å². The van der Waals surface area contributed by atoms with Gasteiger partial charge in [-0.1, -0.05) is 40.8 Å². The summed E-state index contributed by atoms with van der Waals surface area (Å²) in [4.78, 5) is 27.6. The van der Waals surface area contributed by atoms with E-state index >= 15 is 0 Å². The van der Waals surface area contributed by atoms with Crippen molar-refractivity contribution < 1.29 is 14.3 Å².